The lowest BCUT2D eigenvalue weighted by Crippen LogP contribution is -2.20. The number of thioether (sulfide) groups is 1. The number of hydrogen-bond acceptors (Lipinski definition) is 2. The molecule has 1 N–H and O–H groups in total. The first-order valence-electron chi connectivity index (χ1n) is 6.84. The van der Waals surface area contributed by atoms with Crippen molar-refractivity contribution in [1.82, 2.24) is 5.32 Å². The van der Waals surface area contributed by atoms with Gasteiger partial charge in [0.25, 0.3) is 0 Å². The highest BCUT2D eigenvalue weighted by atomic mass is 32.2. The average Bonchev–Trinajstić information content (AvgIpc) is 2.33. The summed E-state index contributed by atoms with van der Waals surface area (Å²) < 4.78 is 0. The third-order valence-electron chi connectivity index (χ3n) is 3.26. The summed E-state index contributed by atoms with van der Waals surface area (Å²) in [7, 11) is 2.03. The number of hydrogen-bond donors (Lipinski definition) is 1. The summed E-state index contributed by atoms with van der Waals surface area (Å²) in [6, 6.07) is 9.67. The van der Waals surface area contributed by atoms with Crippen molar-refractivity contribution in [2.45, 2.75) is 56.9 Å². The molecule has 1 aromatic carbocycles. The highest BCUT2D eigenvalue weighted by Gasteiger charge is 2.12. The van der Waals surface area contributed by atoms with Gasteiger partial charge >= 0.3 is 0 Å². The maximum atomic E-state index is 3.28. The third-order valence-corrected chi connectivity index (χ3v) is 4.36. The molecule has 1 rings (SSSR count). The molecule has 0 aliphatic carbocycles. The van der Waals surface area contributed by atoms with E-state index in [1.54, 1.807) is 0 Å². The molecule has 0 spiro atoms. The van der Waals surface area contributed by atoms with E-state index in [1.165, 1.54) is 29.1 Å². The lowest BCUT2D eigenvalue weighted by Gasteiger charge is -2.19. The van der Waals surface area contributed by atoms with Crippen LogP contribution < -0.4 is 5.32 Å². The van der Waals surface area contributed by atoms with Crippen LogP contribution in [-0.4, -0.2) is 18.8 Å². The molecular weight excluding hydrogens is 238 g/mol. The Bertz CT molecular complexity index is 337. The molecule has 0 amide bonds. The van der Waals surface area contributed by atoms with Crippen molar-refractivity contribution in [1.29, 1.82) is 0 Å². The summed E-state index contributed by atoms with van der Waals surface area (Å²) in [4.78, 5) is 1.39. The van der Waals surface area contributed by atoms with E-state index >= 15 is 0 Å². The Morgan fingerprint density at radius 2 is 1.78 bits per heavy atom. The van der Waals surface area contributed by atoms with Gasteiger partial charge in [-0.1, -0.05) is 32.9 Å². The van der Waals surface area contributed by atoms with Crippen LogP contribution in [0.5, 0.6) is 0 Å². The normalized spacial score (nSPS) is 13.6. The summed E-state index contributed by atoms with van der Waals surface area (Å²) in [6.45, 7) is 9.01. The van der Waals surface area contributed by atoms with Gasteiger partial charge in [-0.05, 0) is 55.7 Å². The maximum Gasteiger partial charge on any atom is 0.00721 e. The molecule has 102 valence electrons. The van der Waals surface area contributed by atoms with Crippen LogP contribution in [0, 0.1) is 0 Å². The summed E-state index contributed by atoms with van der Waals surface area (Å²) in [5.41, 5.74) is 1.67. The van der Waals surface area contributed by atoms with Gasteiger partial charge in [0.1, 0.15) is 0 Å². The Labute approximate surface area is 117 Å². The molecule has 0 radical (unpaired) electrons. The van der Waals surface area contributed by atoms with Gasteiger partial charge in [0.15, 0.2) is 0 Å². The second kappa shape index (κ2) is 7.20. The predicted molar refractivity (Wildman–Crippen MR) is 83.6 cm³/mol. The second-order valence-corrected chi connectivity index (χ2v) is 7.12. The highest BCUT2D eigenvalue weighted by Crippen LogP contribution is 2.26. The average molecular weight is 265 g/mol. The fourth-order valence-corrected chi connectivity index (χ4v) is 2.65. The third kappa shape index (κ3) is 5.45. The van der Waals surface area contributed by atoms with Gasteiger partial charge < -0.3 is 5.32 Å². The van der Waals surface area contributed by atoms with Crippen molar-refractivity contribution in [2.75, 3.05) is 12.8 Å². The lowest BCUT2D eigenvalue weighted by molar-refractivity contribution is 0.559. The molecule has 1 atom stereocenters. The predicted octanol–water partition coefficient (Wildman–Crippen LogP) is 4.46. The van der Waals surface area contributed by atoms with Gasteiger partial charge in [-0.2, -0.15) is 0 Å². The molecular formula is C16H27NS. The smallest absolute Gasteiger partial charge is 0.00721 e. The van der Waals surface area contributed by atoms with Crippen LogP contribution in [0.1, 0.15) is 46.1 Å². The highest BCUT2D eigenvalue weighted by molar-refractivity contribution is 7.99. The molecule has 0 fully saturated rings. The van der Waals surface area contributed by atoms with Crippen molar-refractivity contribution >= 4 is 11.8 Å². The van der Waals surface area contributed by atoms with Crippen LogP contribution in [0.25, 0.3) is 0 Å². The molecule has 0 saturated carbocycles. The zero-order valence-corrected chi connectivity index (χ0v) is 13.2. The Kier molecular flexibility index (Phi) is 6.24. The fourth-order valence-electron chi connectivity index (χ4n) is 1.78. The maximum absolute atomic E-state index is 3.28. The second-order valence-electron chi connectivity index (χ2n) is 5.95. The molecule has 1 aromatic rings. The fraction of sp³-hybridized carbons (Fsp3) is 0.625. The summed E-state index contributed by atoms with van der Waals surface area (Å²) in [6.07, 6.45) is 2.53. The molecule has 0 heterocycles. The molecule has 0 saturated heterocycles. The first-order valence-corrected chi connectivity index (χ1v) is 7.82. The number of rotatable bonds is 6. The van der Waals surface area contributed by atoms with Crippen molar-refractivity contribution in [3.63, 3.8) is 0 Å². The van der Waals surface area contributed by atoms with E-state index in [0.717, 1.165) is 0 Å². The van der Waals surface area contributed by atoms with E-state index in [9.17, 15) is 0 Å². The Morgan fingerprint density at radius 1 is 1.17 bits per heavy atom. The van der Waals surface area contributed by atoms with E-state index in [0.29, 0.717) is 6.04 Å². The monoisotopic (exact) mass is 265 g/mol. The summed E-state index contributed by atoms with van der Waals surface area (Å²) in [5.74, 6) is 1.21. The largest absolute Gasteiger partial charge is 0.317 e. The van der Waals surface area contributed by atoms with E-state index in [-0.39, 0.29) is 5.41 Å². The molecule has 0 bridgehead atoms. The van der Waals surface area contributed by atoms with Gasteiger partial charge in [0.2, 0.25) is 0 Å². The standard InChI is InChI=1S/C16H27NS/c1-13(17-5)7-6-12-18-15-10-8-14(9-11-15)16(2,3)4/h8-11,13,17H,6-7,12H2,1-5H3. The Morgan fingerprint density at radius 3 is 2.28 bits per heavy atom. The molecule has 0 aliphatic rings. The molecule has 0 aliphatic heterocycles. The van der Waals surface area contributed by atoms with E-state index in [1.807, 2.05) is 18.8 Å². The van der Waals surface area contributed by atoms with Crippen LogP contribution in [-0.2, 0) is 5.41 Å². The summed E-state index contributed by atoms with van der Waals surface area (Å²) >= 11 is 1.96. The van der Waals surface area contributed by atoms with Gasteiger partial charge in [-0.3, -0.25) is 0 Å². The van der Waals surface area contributed by atoms with Crippen molar-refractivity contribution in [2.24, 2.45) is 0 Å². The summed E-state index contributed by atoms with van der Waals surface area (Å²) in [5, 5.41) is 3.28. The minimum atomic E-state index is 0.255. The van der Waals surface area contributed by atoms with Gasteiger partial charge in [-0.25, -0.2) is 0 Å². The Balaban J connectivity index is 2.36. The lowest BCUT2D eigenvalue weighted by atomic mass is 9.87. The SMILES string of the molecule is CNC(C)CCCSc1ccc(C(C)(C)C)cc1. The van der Waals surface area contributed by atoms with Crippen LogP contribution >= 0.6 is 11.8 Å². The number of benzene rings is 1. The van der Waals surface area contributed by atoms with Crippen molar-refractivity contribution in [3.8, 4) is 0 Å². The zero-order valence-electron chi connectivity index (χ0n) is 12.4. The quantitative estimate of drug-likeness (QED) is 0.602. The molecule has 0 aromatic heterocycles. The van der Waals surface area contributed by atoms with Crippen LogP contribution in [0.15, 0.2) is 29.2 Å². The van der Waals surface area contributed by atoms with Crippen molar-refractivity contribution in [3.05, 3.63) is 29.8 Å². The van der Waals surface area contributed by atoms with E-state index in [2.05, 4.69) is 57.3 Å². The van der Waals surface area contributed by atoms with Crippen LogP contribution in [0.3, 0.4) is 0 Å². The Hall–Kier alpha value is -0.470. The first kappa shape index (κ1) is 15.6. The molecule has 1 nitrogen and oxygen atoms in total. The topological polar surface area (TPSA) is 12.0 Å². The molecule has 1 unspecified atom stereocenters. The van der Waals surface area contributed by atoms with Crippen molar-refractivity contribution < 1.29 is 0 Å². The van der Waals surface area contributed by atoms with Crippen LogP contribution in [0.4, 0.5) is 0 Å². The first-order chi connectivity index (χ1) is 8.43. The number of nitrogens with one attached hydrogen (secondary N) is 1. The molecule has 2 heteroatoms. The van der Waals surface area contributed by atoms with Gasteiger partial charge in [-0.15, -0.1) is 11.8 Å². The molecule has 18 heavy (non-hydrogen) atoms. The minimum absolute atomic E-state index is 0.255. The zero-order chi connectivity index (χ0) is 13.6. The van der Waals surface area contributed by atoms with Gasteiger partial charge in [0, 0.05) is 10.9 Å². The van der Waals surface area contributed by atoms with Gasteiger partial charge in [0.05, 0.1) is 0 Å². The van der Waals surface area contributed by atoms with Crippen LogP contribution in [0.2, 0.25) is 0 Å². The van der Waals surface area contributed by atoms with E-state index in [4.69, 9.17) is 0 Å². The minimum Gasteiger partial charge on any atom is -0.317 e. The van der Waals surface area contributed by atoms with E-state index < -0.39 is 0 Å².